The van der Waals surface area contributed by atoms with E-state index in [9.17, 15) is 4.39 Å². The second-order valence-electron chi connectivity index (χ2n) is 7.41. The molecule has 0 amide bonds. The van der Waals surface area contributed by atoms with Crippen LogP contribution in [0.1, 0.15) is 58.1 Å². The van der Waals surface area contributed by atoms with Crippen LogP contribution in [0.5, 0.6) is 0 Å². The van der Waals surface area contributed by atoms with Crippen molar-refractivity contribution in [3.05, 3.63) is 34.1 Å². The Labute approximate surface area is 136 Å². The van der Waals surface area contributed by atoms with Gasteiger partial charge in [0.2, 0.25) is 0 Å². The van der Waals surface area contributed by atoms with Gasteiger partial charge in [0.05, 0.1) is 0 Å². The number of benzene rings is 1. The molecule has 0 aromatic heterocycles. The Morgan fingerprint density at radius 2 is 1.81 bits per heavy atom. The third-order valence-electron chi connectivity index (χ3n) is 5.07. The van der Waals surface area contributed by atoms with E-state index in [4.69, 9.17) is 0 Å². The van der Waals surface area contributed by atoms with Gasteiger partial charge in [0.25, 0.3) is 0 Å². The summed E-state index contributed by atoms with van der Waals surface area (Å²) in [6.45, 7) is 7.00. The fourth-order valence-corrected chi connectivity index (χ4v) is 4.10. The Hall–Kier alpha value is -0.410. The van der Waals surface area contributed by atoms with Gasteiger partial charge < -0.3 is 5.32 Å². The first-order valence-corrected chi connectivity index (χ1v) is 8.74. The molecule has 2 rings (SSSR count). The van der Waals surface area contributed by atoms with Crippen LogP contribution < -0.4 is 5.32 Å². The van der Waals surface area contributed by atoms with E-state index >= 15 is 0 Å². The molecule has 0 heterocycles. The Balaban J connectivity index is 2.11. The summed E-state index contributed by atoms with van der Waals surface area (Å²) >= 11 is 3.46. The van der Waals surface area contributed by atoms with Gasteiger partial charge in [-0.15, -0.1) is 0 Å². The van der Waals surface area contributed by atoms with Crippen molar-refractivity contribution in [3.63, 3.8) is 0 Å². The molecule has 1 atom stereocenters. The molecule has 1 aromatic carbocycles. The van der Waals surface area contributed by atoms with Crippen LogP contribution in [0, 0.1) is 23.1 Å². The van der Waals surface area contributed by atoms with E-state index < -0.39 is 0 Å². The zero-order valence-corrected chi connectivity index (χ0v) is 15.1. The number of rotatable bonds is 3. The summed E-state index contributed by atoms with van der Waals surface area (Å²) in [6, 6.07) is 5.36. The molecule has 1 saturated carbocycles. The highest BCUT2D eigenvalue weighted by Crippen LogP contribution is 2.43. The fraction of sp³-hybridized carbons (Fsp3) is 0.667. The lowest BCUT2D eigenvalue weighted by Gasteiger charge is -2.39. The molecule has 21 heavy (non-hydrogen) atoms. The molecule has 0 saturated heterocycles. The third-order valence-corrected chi connectivity index (χ3v) is 5.57. The van der Waals surface area contributed by atoms with Gasteiger partial charge in [-0.05, 0) is 68.2 Å². The number of hydrogen-bond acceptors (Lipinski definition) is 1. The number of halogens is 2. The average Bonchev–Trinajstić information content (AvgIpc) is 2.43. The van der Waals surface area contributed by atoms with E-state index in [2.05, 4.69) is 42.0 Å². The van der Waals surface area contributed by atoms with Crippen LogP contribution in [0.4, 0.5) is 4.39 Å². The van der Waals surface area contributed by atoms with Gasteiger partial charge in [-0.2, -0.15) is 0 Å². The standard InChI is InChI=1S/C18H27BrFN/c1-18(2,3)13-7-5-12(6-8-13)17(21-4)15-11-14(19)9-10-16(15)20/h9-13,17,21H,5-8H2,1-4H3. The molecule has 0 radical (unpaired) electrons. The molecule has 0 spiro atoms. The van der Waals surface area contributed by atoms with Crippen molar-refractivity contribution >= 4 is 15.9 Å². The van der Waals surface area contributed by atoms with Crippen molar-refractivity contribution < 1.29 is 4.39 Å². The van der Waals surface area contributed by atoms with Crippen molar-refractivity contribution in [2.45, 2.75) is 52.5 Å². The minimum atomic E-state index is -0.101. The van der Waals surface area contributed by atoms with Gasteiger partial charge >= 0.3 is 0 Å². The number of nitrogens with one attached hydrogen (secondary N) is 1. The van der Waals surface area contributed by atoms with Crippen LogP contribution in [0.25, 0.3) is 0 Å². The SMILES string of the molecule is CNC(c1cc(Br)ccc1F)C1CCC(C(C)(C)C)CC1. The highest BCUT2D eigenvalue weighted by atomic mass is 79.9. The van der Waals surface area contributed by atoms with Crippen LogP contribution in [0.15, 0.2) is 22.7 Å². The summed E-state index contributed by atoms with van der Waals surface area (Å²) < 4.78 is 15.1. The van der Waals surface area contributed by atoms with Gasteiger partial charge in [0, 0.05) is 16.1 Å². The lowest BCUT2D eigenvalue weighted by atomic mass is 9.68. The molecular formula is C18H27BrFN. The monoisotopic (exact) mass is 355 g/mol. The van der Waals surface area contributed by atoms with Crippen molar-refractivity contribution in [2.24, 2.45) is 17.3 Å². The van der Waals surface area contributed by atoms with Gasteiger partial charge in [-0.3, -0.25) is 0 Å². The van der Waals surface area contributed by atoms with E-state index in [1.165, 1.54) is 25.7 Å². The van der Waals surface area contributed by atoms with Gasteiger partial charge in [-0.1, -0.05) is 36.7 Å². The van der Waals surface area contributed by atoms with Crippen LogP contribution in [0.3, 0.4) is 0 Å². The van der Waals surface area contributed by atoms with E-state index in [1.807, 2.05) is 13.1 Å². The van der Waals surface area contributed by atoms with Crippen molar-refractivity contribution in [2.75, 3.05) is 7.05 Å². The Kier molecular flexibility index (Phi) is 5.48. The molecule has 1 fully saturated rings. The topological polar surface area (TPSA) is 12.0 Å². The van der Waals surface area contributed by atoms with Gasteiger partial charge in [-0.25, -0.2) is 4.39 Å². The first kappa shape index (κ1) is 17.0. The fourth-order valence-electron chi connectivity index (χ4n) is 3.72. The van der Waals surface area contributed by atoms with Crippen molar-refractivity contribution in [1.29, 1.82) is 0 Å². The molecule has 1 N–H and O–H groups in total. The van der Waals surface area contributed by atoms with E-state index in [0.29, 0.717) is 11.3 Å². The van der Waals surface area contributed by atoms with E-state index in [1.54, 1.807) is 12.1 Å². The van der Waals surface area contributed by atoms with Crippen LogP contribution in [0.2, 0.25) is 0 Å². The van der Waals surface area contributed by atoms with Crippen molar-refractivity contribution in [3.8, 4) is 0 Å². The van der Waals surface area contributed by atoms with Crippen LogP contribution in [-0.2, 0) is 0 Å². The molecule has 1 nitrogen and oxygen atoms in total. The normalized spacial score (nSPS) is 24.9. The maximum absolute atomic E-state index is 14.2. The largest absolute Gasteiger partial charge is 0.313 e. The lowest BCUT2D eigenvalue weighted by molar-refractivity contribution is 0.133. The Morgan fingerprint density at radius 1 is 1.19 bits per heavy atom. The molecular weight excluding hydrogens is 329 g/mol. The second-order valence-corrected chi connectivity index (χ2v) is 8.33. The summed E-state index contributed by atoms with van der Waals surface area (Å²) in [5.74, 6) is 1.21. The zero-order chi connectivity index (χ0) is 15.6. The summed E-state index contributed by atoms with van der Waals surface area (Å²) in [4.78, 5) is 0. The Morgan fingerprint density at radius 3 is 2.33 bits per heavy atom. The number of hydrogen-bond donors (Lipinski definition) is 1. The molecule has 1 aliphatic carbocycles. The lowest BCUT2D eigenvalue weighted by Crippen LogP contribution is -2.32. The predicted molar refractivity (Wildman–Crippen MR) is 90.8 cm³/mol. The van der Waals surface area contributed by atoms with Crippen LogP contribution in [-0.4, -0.2) is 7.05 Å². The minimum absolute atomic E-state index is 0.101. The summed E-state index contributed by atoms with van der Waals surface area (Å²) in [6.07, 6.45) is 4.86. The molecule has 0 aliphatic heterocycles. The molecule has 1 unspecified atom stereocenters. The first-order valence-electron chi connectivity index (χ1n) is 7.95. The summed E-state index contributed by atoms with van der Waals surface area (Å²) in [5, 5.41) is 3.35. The average molecular weight is 356 g/mol. The third kappa shape index (κ3) is 4.07. The van der Waals surface area contributed by atoms with E-state index in [-0.39, 0.29) is 11.9 Å². The molecule has 118 valence electrons. The smallest absolute Gasteiger partial charge is 0.128 e. The maximum atomic E-state index is 14.2. The maximum Gasteiger partial charge on any atom is 0.128 e. The quantitative estimate of drug-likeness (QED) is 0.732. The predicted octanol–water partition coefficient (Wildman–Crippen LogP) is 5.70. The van der Waals surface area contributed by atoms with Crippen molar-refractivity contribution in [1.82, 2.24) is 5.32 Å². The highest BCUT2D eigenvalue weighted by molar-refractivity contribution is 9.10. The Bertz CT molecular complexity index is 473. The van der Waals surface area contributed by atoms with Crippen LogP contribution >= 0.6 is 15.9 Å². The summed E-state index contributed by atoms with van der Waals surface area (Å²) in [5.41, 5.74) is 1.19. The minimum Gasteiger partial charge on any atom is -0.313 e. The van der Waals surface area contributed by atoms with Gasteiger partial charge in [0.1, 0.15) is 5.82 Å². The van der Waals surface area contributed by atoms with Gasteiger partial charge in [0.15, 0.2) is 0 Å². The van der Waals surface area contributed by atoms with E-state index in [0.717, 1.165) is 16.0 Å². The molecule has 1 aromatic rings. The molecule has 1 aliphatic rings. The molecule has 3 heteroatoms. The first-order chi connectivity index (χ1) is 9.82. The molecule has 0 bridgehead atoms. The summed E-state index contributed by atoms with van der Waals surface area (Å²) in [7, 11) is 1.95. The highest BCUT2D eigenvalue weighted by Gasteiger charge is 2.33. The zero-order valence-electron chi connectivity index (χ0n) is 13.5. The second kappa shape index (κ2) is 6.78.